The smallest absolute Gasteiger partial charge is 0 e. The van der Waals surface area contributed by atoms with Crippen LogP contribution in [0.4, 0.5) is 0 Å². The van der Waals surface area contributed by atoms with Crippen LogP contribution in [0, 0.1) is 0 Å². The molecule has 0 fully saturated rings. The van der Waals surface area contributed by atoms with Crippen LogP contribution in [0.1, 0.15) is 0 Å². The molecule has 0 rings (SSSR count). The first-order valence-electron chi connectivity index (χ1n) is 0. The first-order chi connectivity index (χ1) is 0. The van der Waals surface area contributed by atoms with Gasteiger partial charge in [-0.25, -0.2) is 0 Å². The van der Waals surface area contributed by atoms with Crippen LogP contribution in [0.25, 0.3) is 0 Å². The standard InChI is InChI=1S/2Sb.2Se.2H. The topological polar surface area (TPSA) is 0 Å². The maximum Gasteiger partial charge on any atom is 0 e. The third-order valence-electron chi connectivity index (χ3n) is 0. The van der Waals surface area contributed by atoms with Crippen molar-refractivity contribution >= 4 is 83.0 Å². The van der Waals surface area contributed by atoms with Gasteiger partial charge in [-0.1, -0.05) is 0 Å². The minimum atomic E-state index is 0. The summed E-state index contributed by atoms with van der Waals surface area (Å²) in [6, 6.07) is 0. The molecule has 0 amide bonds. The average molecular weight is 403 g/mol. The quantitative estimate of drug-likeness (QED) is 0.409. The maximum atomic E-state index is 0. The maximum absolute atomic E-state index is 0. The number of hydrogen-bond donors (Lipinski definition) is 0. The molecule has 0 atom stereocenters. The van der Waals surface area contributed by atoms with E-state index >= 15 is 0 Å². The summed E-state index contributed by atoms with van der Waals surface area (Å²) in [5, 5.41) is 0. The molecule has 4 heavy (non-hydrogen) atoms. The van der Waals surface area contributed by atoms with Crippen LogP contribution in [0.15, 0.2) is 0 Å². The van der Waals surface area contributed by atoms with Crippen molar-refractivity contribution < 1.29 is 0 Å². The van der Waals surface area contributed by atoms with Gasteiger partial charge in [0.15, 0.2) is 0 Å². The van der Waals surface area contributed by atoms with Crippen molar-refractivity contribution in [2.24, 2.45) is 0 Å². The van der Waals surface area contributed by atoms with Crippen LogP contribution >= 0.6 is 0 Å². The van der Waals surface area contributed by atoms with Crippen LogP contribution in [0.2, 0.25) is 0 Å². The van der Waals surface area contributed by atoms with Crippen molar-refractivity contribution in [2.45, 2.75) is 0 Å². The van der Waals surface area contributed by atoms with Crippen LogP contribution in [0.5, 0.6) is 0 Å². The van der Waals surface area contributed by atoms with Crippen molar-refractivity contribution in [3.8, 4) is 0 Å². The van der Waals surface area contributed by atoms with Gasteiger partial charge in [-0.15, -0.1) is 0 Å². The Morgan fingerprint density at radius 1 is 0.500 bits per heavy atom. The molecule has 0 saturated heterocycles. The molecule has 0 aliphatic carbocycles. The van der Waals surface area contributed by atoms with Gasteiger partial charge in [-0.05, 0) is 0 Å². The molecule has 0 spiro atoms. The zero-order valence-electron chi connectivity index (χ0n) is 1.82. The Balaban J connectivity index is 0. The summed E-state index contributed by atoms with van der Waals surface area (Å²) in [7, 11) is 0. The summed E-state index contributed by atoms with van der Waals surface area (Å²) in [4.78, 5) is 0. The van der Waals surface area contributed by atoms with Gasteiger partial charge in [0.25, 0.3) is 0 Å². The molecule has 0 aliphatic heterocycles. The van der Waals surface area contributed by atoms with E-state index in [2.05, 4.69) is 0 Å². The minimum absolute atomic E-state index is 0. The number of hydrogen-bond acceptors (Lipinski definition) is 0. The Morgan fingerprint density at radius 2 is 0.500 bits per heavy atom. The molecule has 0 nitrogen and oxygen atoms in total. The van der Waals surface area contributed by atoms with Gasteiger partial charge in [-0.3, -0.25) is 0 Å². The van der Waals surface area contributed by atoms with E-state index in [-0.39, 0.29) is 83.0 Å². The predicted octanol–water partition coefficient (Wildman–Crippen LogP) is -2.06. The number of rotatable bonds is 0. The summed E-state index contributed by atoms with van der Waals surface area (Å²) in [5.41, 5.74) is 0. The van der Waals surface area contributed by atoms with Crippen molar-refractivity contribution in [3.05, 3.63) is 0 Å². The second-order valence-corrected chi connectivity index (χ2v) is 0. The average Bonchev–Trinajstić information content (AvgIpc) is 0. The summed E-state index contributed by atoms with van der Waals surface area (Å²) in [6.07, 6.45) is 0. The summed E-state index contributed by atoms with van der Waals surface area (Å²) in [6.45, 7) is 0. The van der Waals surface area contributed by atoms with E-state index in [9.17, 15) is 0 Å². The monoisotopic (exact) mass is 404 g/mol. The van der Waals surface area contributed by atoms with Gasteiger partial charge in [0.05, 0.1) is 0 Å². The Hall–Kier alpha value is 2.68. The fourth-order valence-electron chi connectivity index (χ4n) is 0. The molecule has 0 heterocycles. The first-order valence-corrected chi connectivity index (χ1v) is 0. The fourth-order valence-corrected chi connectivity index (χ4v) is 0. The van der Waals surface area contributed by atoms with E-state index in [4.69, 9.17) is 0 Å². The van der Waals surface area contributed by atoms with Crippen LogP contribution in [-0.2, 0) is 0 Å². The summed E-state index contributed by atoms with van der Waals surface area (Å²) >= 11 is 0. The van der Waals surface area contributed by atoms with Gasteiger partial charge in [0.1, 0.15) is 0 Å². The summed E-state index contributed by atoms with van der Waals surface area (Å²) in [5.74, 6) is 0. The molecule has 0 aromatic heterocycles. The molecule has 4 heteroatoms. The predicted molar refractivity (Wildman–Crippen MR) is 25.8 cm³/mol. The van der Waals surface area contributed by atoms with Gasteiger partial charge in [0, 0.05) is 34.1 Å². The molecule has 0 unspecified atom stereocenters. The van der Waals surface area contributed by atoms with E-state index < -0.39 is 0 Å². The van der Waals surface area contributed by atoms with Crippen molar-refractivity contribution in [1.29, 1.82) is 0 Å². The molecule has 8 radical (unpaired) electrons. The molecule has 0 aliphatic rings. The van der Waals surface area contributed by atoms with Crippen LogP contribution in [-0.4, -0.2) is 83.0 Å². The Kier molecular flexibility index (Phi) is 130. The Labute approximate surface area is 81.7 Å². The molecule has 0 saturated carbocycles. The minimum Gasteiger partial charge on any atom is 0 e. The first kappa shape index (κ1) is 30.0. The van der Waals surface area contributed by atoms with Gasteiger partial charge in [-0.2, -0.15) is 0 Å². The Bertz CT molecular complexity index is 4.00. The van der Waals surface area contributed by atoms with Crippen molar-refractivity contribution in [2.75, 3.05) is 0 Å². The third kappa shape index (κ3) is 8.82. The molecule has 24 valence electrons. The Morgan fingerprint density at radius 3 is 0.500 bits per heavy atom. The molecule has 0 aromatic rings. The van der Waals surface area contributed by atoms with Crippen LogP contribution < -0.4 is 0 Å². The third-order valence-corrected chi connectivity index (χ3v) is 0. The second-order valence-electron chi connectivity index (χ2n) is 0. The van der Waals surface area contributed by atoms with E-state index in [0.29, 0.717) is 0 Å². The molecular weight excluding hydrogens is 401 g/mol. The molecule has 0 N–H and O–H groups in total. The molecular formula is H2Sb2Se2. The van der Waals surface area contributed by atoms with E-state index in [1.54, 1.807) is 0 Å². The van der Waals surface area contributed by atoms with Crippen LogP contribution in [0.3, 0.4) is 0 Å². The van der Waals surface area contributed by atoms with Crippen molar-refractivity contribution in [1.82, 2.24) is 0 Å². The van der Waals surface area contributed by atoms with Gasteiger partial charge in [0.2, 0.25) is 0 Å². The summed E-state index contributed by atoms with van der Waals surface area (Å²) < 4.78 is 0. The second kappa shape index (κ2) is 17.3. The fraction of sp³-hybridized carbons (Fsp3) is 0. The van der Waals surface area contributed by atoms with E-state index in [0.717, 1.165) is 0 Å². The van der Waals surface area contributed by atoms with Gasteiger partial charge < -0.3 is 0 Å². The van der Waals surface area contributed by atoms with E-state index in [1.165, 1.54) is 0 Å². The van der Waals surface area contributed by atoms with Crippen molar-refractivity contribution in [3.63, 3.8) is 0 Å². The molecule has 0 bridgehead atoms. The van der Waals surface area contributed by atoms with Gasteiger partial charge >= 0.3 is 48.9 Å². The zero-order chi connectivity index (χ0) is 0. The molecule has 0 aromatic carbocycles. The normalized spacial score (nSPS) is 0. The zero-order valence-corrected chi connectivity index (χ0v) is 11.0. The van der Waals surface area contributed by atoms with E-state index in [1.807, 2.05) is 0 Å². The SMILES string of the molecule is [SbH].[SbH].[Se].[Se]. The largest absolute Gasteiger partial charge is 0 e.